The van der Waals surface area contributed by atoms with Gasteiger partial charge in [-0.2, -0.15) is 5.26 Å². The molecule has 0 spiro atoms. The van der Waals surface area contributed by atoms with Crippen molar-refractivity contribution < 1.29 is 13.9 Å². The Balaban J connectivity index is 2.26. The number of carbonyl (C=O) groups excluding carboxylic acids is 1. The first-order valence-corrected chi connectivity index (χ1v) is 9.60. The van der Waals surface area contributed by atoms with Crippen molar-refractivity contribution in [1.29, 1.82) is 5.26 Å². The highest BCUT2D eigenvalue weighted by molar-refractivity contribution is 7.07. The van der Waals surface area contributed by atoms with Gasteiger partial charge in [0.1, 0.15) is 27.9 Å². The molecule has 0 bridgehead atoms. The van der Waals surface area contributed by atoms with E-state index in [4.69, 9.17) is 4.74 Å². The smallest absolute Gasteiger partial charge is 0.269 e. The maximum Gasteiger partial charge on any atom is 0.269 e. The fourth-order valence-corrected chi connectivity index (χ4v) is 4.02. The van der Waals surface area contributed by atoms with Crippen LogP contribution in [-0.4, -0.2) is 17.5 Å². The van der Waals surface area contributed by atoms with Gasteiger partial charge in [0.05, 0.1) is 11.6 Å². The lowest BCUT2D eigenvalue weighted by molar-refractivity contribution is 0.105. The maximum absolute atomic E-state index is 13.2. The van der Waals surface area contributed by atoms with E-state index in [1.54, 1.807) is 26.2 Å². The molecule has 0 aliphatic carbocycles. The Morgan fingerprint density at radius 3 is 2.55 bits per heavy atom. The minimum atomic E-state index is -0.556. The first-order chi connectivity index (χ1) is 14.0. The molecule has 7 heteroatoms. The SMILES string of the molecule is CCn1c(=O)/c(=C\c2ccccc2OC)s/c1=C(/C#N)C(=O)c1ccc(F)cc1. The summed E-state index contributed by atoms with van der Waals surface area (Å²) in [6.07, 6.45) is 1.68. The molecule has 29 heavy (non-hydrogen) atoms. The molecule has 5 nitrogen and oxygen atoms in total. The van der Waals surface area contributed by atoms with Crippen LogP contribution in [0.3, 0.4) is 0 Å². The Hall–Kier alpha value is -3.50. The van der Waals surface area contributed by atoms with E-state index in [1.807, 2.05) is 24.3 Å². The molecule has 1 heterocycles. The van der Waals surface area contributed by atoms with Gasteiger partial charge in [0.2, 0.25) is 5.78 Å². The van der Waals surface area contributed by atoms with Crippen molar-refractivity contribution in [1.82, 2.24) is 4.57 Å². The molecule has 0 atom stereocenters. The number of ketones is 1. The summed E-state index contributed by atoms with van der Waals surface area (Å²) in [5, 5.41) is 9.64. The highest BCUT2D eigenvalue weighted by Gasteiger charge is 2.17. The predicted molar refractivity (Wildman–Crippen MR) is 110 cm³/mol. The molecule has 0 aliphatic heterocycles. The van der Waals surface area contributed by atoms with Crippen molar-refractivity contribution >= 4 is 28.8 Å². The number of carbonyl (C=O) groups is 1. The van der Waals surface area contributed by atoms with Gasteiger partial charge in [0.25, 0.3) is 5.56 Å². The van der Waals surface area contributed by atoms with E-state index >= 15 is 0 Å². The topological polar surface area (TPSA) is 72.1 Å². The minimum absolute atomic E-state index is 0.153. The highest BCUT2D eigenvalue weighted by atomic mass is 32.1. The number of para-hydroxylation sites is 1. The monoisotopic (exact) mass is 408 g/mol. The zero-order valence-electron chi connectivity index (χ0n) is 15.8. The summed E-state index contributed by atoms with van der Waals surface area (Å²) >= 11 is 1.07. The van der Waals surface area contributed by atoms with E-state index in [0.717, 1.165) is 23.5 Å². The average Bonchev–Trinajstić information content (AvgIpc) is 3.04. The van der Waals surface area contributed by atoms with Gasteiger partial charge in [0.15, 0.2) is 0 Å². The van der Waals surface area contributed by atoms with Crippen LogP contribution in [0, 0.1) is 17.1 Å². The maximum atomic E-state index is 13.2. The Bertz CT molecular complexity index is 1280. The average molecular weight is 408 g/mol. The predicted octanol–water partition coefficient (Wildman–Crippen LogP) is 2.46. The molecule has 3 rings (SSSR count). The van der Waals surface area contributed by atoms with Crippen LogP contribution in [0.1, 0.15) is 22.8 Å². The van der Waals surface area contributed by atoms with E-state index in [-0.39, 0.29) is 21.4 Å². The van der Waals surface area contributed by atoms with Crippen molar-refractivity contribution in [2.75, 3.05) is 7.11 Å². The van der Waals surface area contributed by atoms with Gasteiger partial charge >= 0.3 is 0 Å². The second-order valence-corrected chi connectivity index (χ2v) is 7.06. The second kappa shape index (κ2) is 8.67. The Morgan fingerprint density at radius 1 is 1.24 bits per heavy atom. The van der Waals surface area contributed by atoms with Crippen LogP contribution in [0.2, 0.25) is 0 Å². The minimum Gasteiger partial charge on any atom is -0.496 e. The first-order valence-electron chi connectivity index (χ1n) is 8.79. The van der Waals surface area contributed by atoms with Crippen molar-refractivity contribution in [2.24, 2.45) is 0 Å². The number of halogens is 1. The quantitative estimate of drug-likeness (QED) is 0.608. The number of hydrogen-bond donors (Lipinski definition) is 0. The van der Waals surface area contributed by atoms with Gasteiger partial charge < -0.3 is 4.74 Å². The third kappa shape index (κ3) is 4.03. The molecule has 0 N–H and O–H groups in total. The lowest BCUT2D eigenvalue weighted by Gasteiger charge is -2.02. The van der Waals surface area contributed by atoms with Gasteiger partial charge in [-0.05, 0) is 43.3 Å². The number of rotatable bonds is 5. The number of methoxy groups -OCH3 is 1. The molecule has 146 valence electrons. The van der Waals surface area contributed by atoms with Crippen LogP contribution in [0.25, 0.3) is 11.6 Å². The molecule has 3 aromatic rings. The molecule has 0 aliphatic rings. The molecular formula is C22H17FN2O3S. The lowest BCUT2D eigenvalue weighted by atomic mass is 10.1. The highest BCUT2D eigenvalue weighted by Crippen LogP contribution is 2.17. The van der Waals surface area contributed by atoms with Crippen LogP contribution in [0.5, 0.6) is 5.75 Å². The van der Waals surface area contributed by atoms with Crippen LogP contribution in [0.4, 0.5) is 4.39 Å². The number of ether oxygens (including phenoxy) is 1. The van der Waals surface area contributed by atoms with Crippen LogP contribution in [-0.2, 0) is 6.54 Å². The van der Waals surface area contributed by atoms with Crippen molar-refractivity contribution in [3.8, 4) is 11.8 Å². The fraction of sp³-hybridized carbons (Fsp3) is 0.136. The number of Topliss-reactive ketones (excluding diaryl/α,β-unsaturated/α-hetero) is 1. The van der Waals surface area contributed by atoms with E-state index in [0.29, 0.717) is 22.4 Å². The van der Waals surface area contributed by atoms with E-state index in [9.17, 15) is 19.2 Å². The van der Waals surface area contributed by atoms with Crippen molar-refractivity contribution in [3.63, 3.8) is 0 Å². The first kappa shape index (κ1) is 20.2. The standard InChI is InChI=1S/C22H17FN2O3S/c1-3-25-21(27)19(12-15-6-4-5-7-18(15)28-2)29-22(25)17(13-24)20(26)14-8-10-16(23)11-9-14/h4-12H,3H2,1-2H3/b19-12+,22-17-. The van der Waals surface area contributed by atoms with E-state index in [2.05, 4.69) is 0 Å². The van der Waals surface area contributed by atoms with Crippen molar-refractivity contribution in [3.05, 3.63) is 85.0 Å². The summed E-state index contributed by atoms with van der Waals surface area (Å²) in [5.41, 5.74) is 0.450. The molecule has 0 amide bonds. The number of nitrogens with zero attached hydrogens (tertiary/aromatic N) is 2. The van der Waals surface area contributed by atoms with Crippen molar-refractivity contribution in [2.45, 2.75) is 13.5 Å². The van der Waals surface area contributed by atoms with Gasteiger partial charge in [-0.25, -0.2) is 4.39 Å². The van der Waals surface area contributed by atoms with Crippen LogP contribution in [0.15, 0.2) is 53.3 Å². The lowest BCUT2D eigenvalue weighted by Crippen LogP contribution is -2.32. The second-order valence-electron chi connectivity index (χ2n) is 6.03. The normalized spacial score (nSPS) is 12.4. The van der Waals surface area contributed by atoms with E-state index < -0.39 is 11.6 Å². The summed E-state index contributed by atoms with van der Waals surface area (Å²) < 4.78 is 20.5. The summed E-state index contributed by atoms with van der Waals surface area (Å²) in [5.74, 6) is -0.424. The van der Waals surface area contributed by atoms with Crippen LogP contribution < -0.4 is 19.5 Å². The zero-order chi connectivity index (χ0) is 21.0. The number of nitriles is 1. The third-order valence-corrected chi connectivity index (χ3v) is 5.44. The van der Waals surface area contributed by atoms with Gasteiger partial charge in [0, 0.05) is 17.7 Å². The largest absolute Gasteiger partial charge is 0.496 e. The van der Waals surface area contributed by atoms with Gasteiger partial charge in [-0.1, -0.05) is 18.2 Å². The molecule has 0 fully saturated rings. The Labute approximate surface area is 170 Å². The number of thiazole rings is 1. The molecular weight excluding hydrogens is 391 g/mol. The summed E-state index contributed by atoms with van der Waals surface area (Å²) in [4.78, 5) is 25.7. The third-order valence-electron chi connectivity index (χ3n) is 4.31. The molecule has 2 aromatic carbocycles. The molecule has 0 saturated carbocycles. The molecule has 1 aromatic heterocycles. The summed E-state index contributed by atoms with van der Waals surface area (Å²) in [6, 6.07) is 14.1. The molecule has 0 radical (unpaired) electrons. The fourth-order valence-electron chi connectivity index (χ4n) is 2.86. The zero-order valence-corrected chi connectivity index (χ0v) is 16.6. The molecule has 0 unspecified atom stereocenters. The van der Waals surface area contributed by atoms with Gasteiger partial charge in [-0.3, -0.25) is 14.2 Å². The summed E-state index contributed by atoms with van der Waals surface area (Å²) in [7, 11) is 1.54. The number of hydrogen-bond acceptors (Lipinski definition) is 5. The Kier molecular flexibility index (Phi) is 6.05. The molecule has 0 saturated heterocycles. The van der Waals surface area contributed by atoms with E-state index in [1.165, 1.54) is 16.7 Å². The van der Waals surface area contributed by atoms with Gasteiger partial charge in [-0.15, -0.1) is 11.3 Å². The number of benzene rings is 2. The van der Waals surface area contributed by atoms with Crippen LogP contribution >= 0.6 is 11.3 Å². The Morgan fingerprint density at radius 2 is 1.93 bits per heavy atom. The summed E-state index contributed by atoms with van der Waals surface area (Å²) in [6.45, 7) is 2.06. The number of aromatic nitrogens is 1.